The van der Waals surface area contributed by atoms with Gasteiger partial charge in [-0.25, -0.2) is 8.78 Å². The number of hydrogen-bond donors (Lipinski definition) is 2. The van der Waals surface area contributed by atoms with Gasteiger partial charge in [0, 0.05) is 11.3 Å². The molecule has 1 aromatic heterocycles. The molecule has 1 heterocycles. The number of halogens is 2. The van der Waals surface area contributed by atoms with Crippen molar-refractivity contribution in [2.24, 2.45) is 0 Å². The zero-order valence-electron chi connectivity index (χ0n) is 17.4. The average molecular weight is 446 g/mol. The molecule has 33 heavy (non-hydrogen) atoms. The van der Waals surface area contributed by atoms with Crippen molar-refractivity contribution in [2.45, 2.75) is 12.5 Å². The van der Waals surface area contributed by atoms with Gasteiger partial charge in [0.15, 0.2) is 5.76 Å². The standard InChI is InChI=1S/C26H20F2N2O3/c27-20-8-1-5-17(13-20)14-23(18-6-2-9-21(28)15-18)30-25(31)19-7-3-10-22(16-19)29-26(32)24-11-4-12-33-24/h1-13,15-16,23H,14H2,(H,29,32)(H,30,31). The van der Waals surface area contributed by atoms with Crippen LogP contribution < -0.4 is 10.6 Å². The molecule has 166 valence electrons. The second-order valence-electron chi connectivity index (χ2n) is 7.43. The van der Waals surface area contributed by atoms with Gasteiger partial charge in [-0.2, -0.15) is 0 Å². The molecule has 0 fully saturated rings. The van der Waals surface area contributed by atoms with Gasteiger partial charge in [-0.1, -0.05) is 30.3 Å². The molecule has 1 atom stereocenters. The lowest BCUT2D eigenvalue weighted by atomic mass is 9.98. The molecule has 3 aromatic carbocycles. The molecule has 4 rings (SSSR count). The van der Waals surface area contributed by atoms with Crippen molar-refractivity contribution in [3.63, 3.8) is 0 Å². The highest BCUT2D eigenvalue weighted by molar-refractivity contribution is 6.03. The van der Waals surface area contributed by atoms with E-state index in [1.165, 1.54) is 42.7 Å². The summed E-state index contributed by atoms with van der Waals surface area (Å²) >= 11 is 0. The Morgan fingerprint density at radius 1 is 0.818 bits per heavy atom. The first-order valence-electron chi connectivity index (χ1n) is 10.2. The summed E-state index contributed by atoms with van der Waals surface area (Å²) in [5.74, 6) is -1.55. The molecule has 5 nitrogen and oxygen atoms in total. The number of rotatable bonds is 7. The van der Waals surface area contributed by atoms with Crippen molar-refractivity contribution in [1.29, 1.82) is 0 Å². The number of carbonyl (C=O) groups is 2. The topological polar surface area (TPSA) is 71.3 Å². The molecule has 4 aromatic rings. The Morgan fingerprint density at radius 2 is 1.58 bits per heavy atom. The molecule has 0 aliphatic carbocycles. The van der Waals surface area contributed by atoms with Gasteiger partial charge in [0.1, 0.15) is 11.6 Å². The van der Waals surface area contributed by atoms with E-state index in [0.29, 0.717) is 22.4 Å². The first-order chi connectivity index (χ1) is 16.0. The Morgan fingerprint density at radius 3 is 2.30 bits per heavy atom. The van der Waals surface area contributed by atoms with E-state index in [2.05, 4.69) is 10.6 Å². The molecule has 0 spiro atoms. The van der Waals surface area contributed by atoms with E-state index in [0.717, 1.165) is 0 Å². The van der Waals surface area contributed by atoms with Crippen LogP contribution in [0.25, 0.3) is 0 Å². The maximum Gasteiger partial charge on any atom is 0.291 e. The number of carbonyl (C=O) groups excluding carboxylic acids is 2. The van der Waals surface area contributed by atoms with Gasteiger partial charge in [0.2, 0.25) is 0 Å². The van der Waals surface area contributed by atoms with E-state index in [1.54, 1.807) is 48.5 Å². The van der Waals surface area contributed by atoms with Crippen LogP contribution in [-0.2, 0) is 6.42 Å². The fraction of sp³-hybridized carbons (Fsp3) is 0.0769. The van der Waals surface area contributed by atoms with Crippen LogP contribution in [0.2, 0.25) is 0 Å². The Balaban J connectivity index is 1.54. The summed E-state index contributed by atoms with van der Waals surface area (Å²) in [5, 5.41) is 5.57. The van der Waals surface area contributed by atoms with Crippen LogP contribution in [0.4, 0.5) is 14.5 Å². The van der Waals surface area contributed by atoms with Gasteiger partial charge in [-0.15, -0.1) is 0 Å². The van der Waals surface area contributed by atoms with Crippen LogP contribution in [0.5, 0.6) is 0 Å². The minimum absolute atomic E-state index is 0.145. The van der Waals surface area contributed by atoms with E-state index in [1.807, 2.05) is 0 Å². The van der Waals surface area contributed by atoms with Gasteiger partial charge in [-0.3, -0.25) is 9.59 Å². The molecule has 0 saturated heterocycles. The van der Waals surface area contributed by atoms with Crippen molar-refractivity contribution in [2.75, 3.05) is 5.32 Å². The van der Waals surface area contributed by atoms with Gasteiger partial charge in [0.05, 0.1) is 12.3 Å². The zero-order chi connectivity index (χ0) is 23.2. The van der Waals surface area contributed by atoms with E-state index >= 15 is 0 Å². The smallest absolute Gasteiger partial charge is 0.291 e. The maximum atomic E-state index is 13.9. The van der Waals surface area contributed by atoms with Crippen LogP contribution in [0.15, 0.2) is 95.6 Å². The van der Waals surface area contributed by atoms with Gasteiger partial charge >= 0.3 is 0 Å². The summed E-state index contributed by atoms with van der Waals surface area (Å²) in [7, 11) is 0. The first-order valence-corrected chi connectivity index (χ1v) is 10.2. The molecular weight excluding hydrogens is 426 g/mol. The zero-order valence-corrected chi connectivity index (χ0v) is 17.4. The van der Waals surface area contributed by atoms with E-state index in [-0.39, 0.29) is 12.2 Å². The van der Waals surface area contributed by atoms with Crippen molar-refractivity contribution in [3.8, 4) is 0 Å². The summed E-state index contributed by atoms with van der Waals surface area (Å²) in [6.45, 7) is 0. The fourth-order valence-corrected chi connectivity index (χ4v) is 3.46. The Bertz CT molecular complexity index is 1270. The third-order valence-corrected chi connectivity index (χ3v) is 5.01. The molecule has 7 heteroatoms. The lowest BCUT2D eigenvalue weighted by Crippen LogP contribution is -2.30. The average Bonchev–Trinajstić information content (AvgIpc) is 3.34. The molecule has 1 unspecified atom stereocenters. The van der Waals surface area contributed by atoms with E-state index in [9.17, 15) is 18.4 Å². The Hall–Kier alpha value is -4.26. The third-order valence-electron chi connectivity index (χ3n) is 5.01. The second kappa shape index (κ2) is 9.91. The van der Waals surface area contributed by atoms with E-state index < -0.39 is 29.5 Å². The number of benzene rings is 3. The van der Waals surface area contributed by atoms with Crippen LogP contribution in [0, 0.1) is 11.6 Å². The van der Waals surface area contributed by atoms with E-state index in [4.69, 9.17) is 4.42 Å². The first kappa shape index (κ1) is 22.0. The number of nitrogens with one attached hydrogen (secondary N) is 2. The lowest BCUT2D eigenvalue weighted by Gasteiger charge is -2.20. The molecular formula is C26H20F2N2O3. The van der Waals surface area contributed by atoms with Gasteiger partial charge < -0.3 is 15.1 Å². The number of hydrogen-bond acceptors (Lipinski definition) is 3. The normalized spacial score (nSPS) is 11.6. The van der Waals surface area contributed by atoms with Crippen LogP contribution >= 0.6 is 0 Å². The summed E-state index contributed by atoms with van der Waals surface area (Å²) in [4.78, 5) is 25.2. The SMILES string of the molecule is O=C(NC(Cc1cccc(F)c1)c1cccc(F)c1)c1cccc(NC(=O)c2ccco2)c1. The monoisotopic (exact) mass is 446 g/mol. The molecule has 2 amide bonds. The predicted octanol–water partition coefficient (Wildman–Crippen LogP) is 5.52. The molecule has 2 N–H and O–H groups in total. The summed E-state index contributed by atoms with van der Waals surface area (Å²) in [6.07, 6.45) is 1.66. The summed E-state index contributed by atoms with van der Waals surface area (Å²) < 4.78 is 32.6. The Labute approximate surface area is 189 Å². The van der Waals surface area contributed by atoms with Crippen LogP contribution in [-0.4, -0.2) is 11.8 Å². The largest absolute Gasteiger partial charge is 0.459 e. The maximum absolute atomic E-state index is 13.9. The molecule has 0 aliphatic rings. The van der Waals surface area contributed by atoms with Crippen molar-refractivity contribution >= 4 is 17.5 Å². The number of amides is 2. The molecule has 0 bridgehead atoms. The number of anilines is 1. The third kappa shape index (κ3) is 5.71. The summed E-state index contributed by atoms with van der Waals surface area (Å²) in [6, 6.07) is 20.9. The van der Waals surface area contributed by atoms with Crippen molar-refractivity contribution in [3.05, 3.63) is 125 Å². The molecule has 0 aliphatic heterocycles. The van der Waals surface area contributed by atoms with Gasteiger partial charge in [0.25, 0.3) is 11.8 Å². The highest BCUT2D eigenvalue weighted by Crippen LogP contribution is 2.21. The van der Waals surface area contributed by atoms with Crippen molar-refractivity contribution in [1.82, 2.24) is 5.32 Å². The predicted molar refractivity (Wildman–Crippen MR) is 120 cm³/mol. The minimum atomic E-state index is -0.601. The number of furan rings is 1. The fourth-order valence-electron chi connectivity index (χ4n) is 3.46. The minimum Gasteiger partial charge on any atom is -0.459 e. The van der Waals surface area contributed by atoms with Crippen molar-refractivity contribution < 1.29 is 22.8 Å². The highest BCUT2D eigenvalue weighted by atomic mass is 19.1. The second-order valence-corrected chi connectivity index (χ2v) is 7.43. The highest BCUT2D eigenvalue weighted by Gasteiger charge is 2.18. The van der Waals surface area contributed by atoms with Crippen LogP contribution in [0.3, 0.4) is 0 Å². The van der Waals surface area contributed by atoms with Gasteiger partial charge in [-0.05, 0) is 72.1 Å². The van der Waals surface area contributed by atoms with Crippen LogP contribution in [0.1, 0.15) is 38.1 Å². The Kier molecular flexibility index (Phi) is 6.59. The molecule has 0 radical (unpaired) electrons. The lowest BCUT2D eigenvalue weighted by molar-refractivity contribution is 0.0934. The molecule has 0 saturated carbocycles. The summed E-state index contributed by atoms with van der Waals surface area (Å²) in [5.41, 5.74) is 1.92. The quantitative estimate of drug-likeness (QED) is 0.393.